The second-order valence-electron chi connectivity index (χ2n) is 4.52. The minimum Gasteiger partial charge on any atom is -0.396 e. The molecule has 0 spiro atoms. The average Bonchev–Trinajstić information content (AvgIpc) is 2.33. The van der Waals surface area contributed by atoms with E-state index in [2.05, 4.69) is 20.8 Å². The molecular formula is C10H20O. The fourth-order valence-corrected chi connectivity index (χ4v) is 2.28. The van der Waals surface area contributed by atoms with E-state index in [9.17, 15) is 5.11 Å². The molecule has 0 saturated heterocycles. The van der Waals surface area contributed by atoms with Crippen molar-refractivity contribution in [2.24, 2.45) is 17.3 Å². The number of rotatable bonds is 2. The number of hydrogen-bond acceptors (Lipinski definition) is 1. The Hall–Kier alpha value is -0.0400. The molecule has 0 radical (unpaired) electrons. The molecular weight excluding hydrogens is 136 g/mol. The summed E-state index contributed by atoms with van der Waals surface area (Å²) >= 11 is 0. The van der Waals surface area contributed by atoms with Crippen molar-refractivity contribution in [2.45, 2.75) is 40.0 Å². The van der Waals surface area contributed by atoms with Gasteiger partial charge in [-0.1, -0.05) is 27.2 Å². The first kappa shape index (κ1) is 9.05. The molecule has 0 aromatic rings. The number of hydrogen-bond donors (Lipinski definition) is 1. The van der Waals surface area contributed by atoms with Crippen molar-refractivity contribution < 1.29 is 5.11 Å². The first-order valence-electron chi connectivity index (χ1n) is 4.71. The first-order valence-corrected chi connectivity index (χ1v) is 4.71. The van der Waals surface area contributed by atoms with Gasteiger partial charge in [-0.3, -0.25) is 0 Å². The summed E-state index contributed by atoms with van der Waals surface area (Å²) < 4.78 is 0. The van der Waals surface area contributed by atoms with Crippen LogP contribution in [0.25, 0.3) is 0 Å². The summed E-state index contributed by atoms with van der Waals surface area (Å²) in [6.07, 6.45) is 3.75. The van der Waals surface area contributed by atoms with E-state index in [1.165, 1.54) is 19.3 Å². The maximum absolute atomic E-state index is 9.30. The maximum atomic E-state index is 9.30. The Bertz CT molecular complexity index is 131. The highest BCUT2D eigenvalue weighted by molar-refractivity contribution is 4.89. The third kappa shape index (κ3) is 1.58. The van der Waals surface area contributed by atoms with E-state index in [1.807, 2.05) is 0 Å². The van der Waals surface area contributed by atoms with Gasteiger partial charge in [-0.05, 0) is 30.1 Å². The average molecular weight is 156 g/mol. The predicted molar refractivity (Wildman–Crippen MR) is 47.4 cm³/mol. The summed E-state index contributed by atoms with van der Waals surface area (Å²) in [6.45, 7) is 7.14. The highest BCUT2D eigenvalue weighted by atomic mass is 16.3. The van der Waals surface area contributed by atoms with E-state index < -0.39 is 0 Å². The molecule has 1 N–H and O–H groups in total. The van der Waals surface area contributed by atoms with E-state index in [-0.39, 0.29) is 5.41 Å². The van der Waals surface area contributed by atoms with E-state index in [0.717, 1.165) is 5.92 Å². The van der Waals surface area contributed by atoms with Gasteiger partial charge in [-0.25, -0.2) is 0 Å². The second-order valence-corrected chi connectivity index (χ2v) is 4.52. The van der Waals surface area contributed by atoms with Crippen LogP contribution in [0.5, 0.6) is 0 Å². The Balaban J connectivity index is 2.62. The van der Waals surface area contributed by atoms with Crippen molar-refractivity contribution in [3.05, 3.63) is 0 Å². The lowest BCUT2D eigenvalue weighted by atomic mass is 9.76. The zero-order valence-corrected chi connectivity index (χ0v) is 7.93. The van der Waals surface area contributed by atoms with Gasteiger partial charge in [0.2, 0.25) is 0 Å². The topological polar surface area (TPSA) is 20.2 Å². The molecule has 1 saturated carbocycles. The zero-order chi connectivity index (χ0) is 8.48. The molecule has 1 rings (SSSR count). The van der Waals surface area contributed by atoms with E-state index >= 15 is 0 Å². The quantitative estimate of drug-likeness (QED) is 0.651. The number of aliphatic hydroxyl groups is 1. The highest BCUT2D eigenvalue weighted by Crippen LogP contribution is 2.46. The lowest BCUT2D eigenvalue weighted by Gasteiger charge is -2.31. The van der Waals surface area contributed by atoms with Crippen molar-refractivity contribution >= 4 is 0 Å². The summed E-state index contributed by atoms with van der Waals surface area (Å²) in [5.74, 6) is 1.46. The molecule has 1 nitrogen and oxygen atoms in total. The molecule has 0 unspecified atom stereocenters. The van der Waals surface area contributed by atoms with Crippen LogP contribution in [0, 0.1) is 17.3 Å². The van der Waals surface area contributed by atoms with Gasteiger partial charge < -0.3 is 5.11 Å². The summed E-state index contributed by atoms with van der Waals surface area (Å²) in [6, 6.07) is 0. The molecule has 66 valence electrons. The van der Waals surface area contributed by atoms with Gasteiger partial charge in [0.05, 0.1) is 0 Å². The molecule has 1 fully saturated rings. The molecule has 1 aliphatic rings. The molecule has 0 aromatic carbocycles. The van der Waals surface area contributed by atoms with Crippen LogP contribution < -0.4 is 0 Å². The molecule has 1 heteroatoms. The largest absolute Gasteiger partial charge is 0.396 e. The fourth-order valence-electron chi connectivity index (χ4n) is 2.28. The molecule has 0 aliphatic heterocycles. The molecule has 0 aromatic heterocycles. The van der Waals surface area contributed by atoms with Crippen molar-refractivity contribution in [1.82, 2.24) is 0 Å². The summed E-state index contributed by atoms with van der Waals surface area (Å²) in [4.78, 5) is 0. The van der Waals surface area contributed by atoms with Crippen LogP contribution in [-0.2, 0) is 0 Å². The maximum Gasteiger partial charge on any atom is 0.0489 e. The van der Waals surface area contributed by atoms with E-state index in [0.29, 0.717) is 12.5 Å². The van der Waals surface area contributed by atoms with Crippen LogP contribution in [0.2, 0.25) is 0 Å². The minimum absolute atomic E-state index is 0.263. The third-order valence-corrected chi connectivity index (χ3v) is 3.43. The van der Waals surface area contributed by atoms with Gasteiger partial charge in [-0.2, -0.15) is 0 Å². The molecule has 2 atom stereocenters. The first-order chi connectivity index (χ1) is 5.10. The van der Waals surface area contributed by atoms with Crippen molar-refractivity contribution in [2.75, 3.05) is 6.61 Å². The Labute approximate surface area is 69.8 Å². The van der Waals surface area contributed by atoms with E-state index in [1.54, 1.807) is 0 Å². The standard InChI is InChI=1S/C10H20O/c1-8(2)10(7-11)5-4-9(3)6-10/h8-9,11H,4-7H2,1-3H3/t9-,10+/m1/s1. The third-order valence-electron chi connectivity index (χ3n) is 3.43. The van der Waals surface area contributed by atoms with E-state index in [4.69, 9.17) is 0 Å². The van der Waals surface area contributed by atoms with Gasteiger partial charge in [0.1, 0.15) is 0 Å². The zero-order valence-electron chi connectivity index (χ0n) is 7.93. The Morgan fingerprint density at radius 3 is 2.36 bits per heavy atom. The Morgan fingerprint density at radius 1 is 1.55 bits per heavy atom. The van der Waals surface area contributed by atoms with Crippen LogP contribution in [-0.4, -0.2) is 11.7 Å². The smallest absolute Gasteiger partial charge is 0.0489 e. The second kappa shape index (κ2) is 3.14. The van der Waals surface area contributed by atoms with Gasteiger partial charge >= 0.3 is 0 Å². The highest BCUT2D eigenvalue weighted by Gasteiger charge is 2.39. The molecule has 0 bridgehead atoms. The summed E-state index contributed by atoms with van der Waals surface area (Å²) in [5.41, 5.74) is 0.263. The normalized spacial score (nSPS) is 38.5. The van der Waals surface area contributed by atoms with Crippen LogP contribution in [0.4, 0.5) is 0 Å². The van der Waals surface area contributed by atoms with Crippen LogP contribution in [0.15, 0.2) is 0 Å². The van der Waals surface area contributed by atoms with Gasteiger partial charge in [0.15, 0.2) is 0 Å². The SMILES string of the molecule is CC(C)[C@@]1(CO)CC[C@@H](C)C1. The van der Waals surface area contributed by atoms with Crippen LogP contribution >= 0.6 is 0 Å². The van der Waals surface area contributed by atoms with Crippen LogP contribution in [0.3, 0.4) is 0 Å². The van der Waals surface area contributed by atoms with Gasteiger partial charge in [-0.15, -0.1) is 0 Å². The Morgan fingerprint density at radius 2 is 2.18 bits per heavy atom. The van der Waals surface area contributed by atoms with Crippen molar-refractivity contribution in [3.8, 4) is 0 Å². The number of aliphatic hydroxyl groups excluding tert-OH is 1. The van der Waals surface area contributed by atoms with Gasteiger partial charge in [0, 0.05) is 6.61 Å². The minimum atomic E-state index is 0.263. The Kier molecular flexibility index (Phi) is 2.58. The summed E-state index contributed by atoms with van der Waals surface area (Å²) in [7, 11) is 0. The molecule has 0 amide bonds. The lowest BCUT2D eigenvalue weighted by molar-refractivity contribution is 0.0793. The van der Waals surface area contributed by atoms with Crippen LogP contribution in [0.1, 0.15) is 40.0 Å². The monoisotopic (exact) mass is 156 g/mol. The van der Waals surface area contributed by atoms with Crippen molar-refractivity contribution in [3.63, 3.8) is 0 Å². The molecule has 1 aliphatic carbocycles. The summed E-state index contributed by atoms with van der Waals surface area (Å²) in [5, 5.41) is 9.30. The lowest BCUT2D eigenvalue weighted by Crippen LogP contribution is -2.28. The molecule has 11 heavy (non-hydrogen) atoms. The van der Waals surface area contributed by atoms with Crippen molar-refractivity contribution in [1.29, 1.82) is 0 Å². The van der Waals surface area contributed by atoms with Gasteiger partial charge in [0.25, 0.3) is 0 Å². The predicted octanol–water partition coefficient (Wildman–Crippen LogP) is 2.44. The molecule has 0 heterocycles. The fraction of sp³-hybridized carbons (Fsp3) is 1.00.